The van der Waals surface area contributed by atoms with Gasteiger partial charge < -0.3 is 9.67 Å². The highest BCUT2D eigenvalue weighted by Gasteiger charge is 2.10. The third kappa shape index (κ3) is 1.62. The Bertz CT molecular complexity index is 716. The molecule has 3 aromatic rings. The van der Waals surface area contributed by atoms with E-state index in [4.69, 9.17) is 0 Å². The van der Waals surface area contributed by atoms with E-state index < -0.39 is 0 Å². The first-order chi connectivity index (χ1) is 8.65. The van der Waals surface area contributed by atoms with Crippen molar-refractivity contribution in [2.45, 2.75) is 0 Å². The van der Waals surface area contributed by atoms with E-state index in [1.807, 2.05) is 11.6 Å². The molecule has 0 aliphatic rings. The van der Waals surface area contributed by atoms with Gasteiger partial charge in [-0.3, -0.25) is 0 Å². The molecule has 3 nitrogen and oxygen atoms in total. The number of rotatable bonds is 1. The van der Waals surface area contributed by atoms with Crippen molar-refractivity contribution in [3.63, 3.8) is 0 Å². The predicted molar refractivity (Wildman–Crippen MR) is 67.8 cm³/mol. The molecule has 0 saturated carbocycles. The minimum absolute atomic E-state index is 0.212. The number of imidazole rings is 1. The van der Waals surface area contributed by atoms with Gasteiger partial charge in [-0.15, -0.1) is 0 Å². The van der Waals surface area contributed by atoms with Crippen molar-refractivity contribution in [2.75, 3.05) is 0 Å². The Hall–Kier alpha value is -2.36. The molecular formula is C14H11FN2O. The molecule has 0 bridgehead atoms. The summed E-state index contributed by atoms with van der Waals surface area (Å²) in [6, 6.07) is 11.3. The summed E-state index contributed by atoms with van der Waals surface area (Å²) in [6.45, 7) is 0. The molecule has 0 amide bonds. The Balaban J connectivity index is 2.23. The maximum Gasteiger partial charge on any atom is 0.140 e. The molecule has 90 valence electrons. The van der Waals surface area contributed by atoms with Gasteiger partial charge in [0.15, 0.2) is 0 Å². The third-order valence-corrected chi connectivity index (χ3v) is 2.97. The molecule has 0 aliphatic carbocycles. The van der Waals surface area contributed by atoms with Gasteiger partial charge >= 0.3 is 0 Å². The Morgan fingerprint density at radius 1 is 1.11 bits per heavy atom. The summed E-state index contributed by atoms with van der Waals surface area (Å²) in [5.74, 6) is 0.664. The standard InChI is InChI=1S/C14H11FN2O/c1-17-13-7-4-10(15)8-12(13)16-14(17)9-2-5-11(18)6-3-9/h2-8,18H,1H3. The highest BCUT2D eigenvalue weighted by molar-refractivity contribution is 5.80. The van der Waals surface area contributed by atoms with Gasteiger partial charge in [0, 0.05) is 18.7 Å². The Kier molecular flexibility index (Phi) is 2.30. The van der Waals surface area contributed by atoms with Gasteiger partial charge in [0.2, 0.25) is 0 Å². The molecule has 0 radical (unpaired) electrons. The molecule has 0 spiro atoms. The third-order valence-electron chi connectivity index (χ3n) is 2.97. The minimum Gasteiger partial charge on any atom is -0.508 e. The van der Waals surface area contributed by atoms with Crippen LogP contribution in [0.15, 0.2) is 42.5 Å². The van der Waals surface area contributed by atoms with Crippen LogP contribution in [-0.4, -0.2) is 14.7 Å². The van der Waals surface area contributed by atoms with Crippen LogP contribution >= 0.6 is 0 Å². The molecule has 0 saturated heterocycles. The number of fused-ring (bicyclic) bond motifs is 1. The van der Waals surface area contributed by atoms with Gasteiger partial charge in [-0.25, -0.2) is 9.37 Å². The smallest absolute Gasteiger partial charge is 0.140 e. The number of phenols is 1. The molecule has 3 rings (SSSR count). The fourth-order valence-electron chi connectivity index (χ4n) is 2.04. The largest absolute Gasteiger partial charge is 0.508 e. The van der Waals surface area contributed by atoms with Crippen molar-refractivity contribution >= 4 is 11.0 Å². The number of nitrogens with zero attached hydrogens (tertiary/aromatic N) is 2. The van der Waals surface area contributed by atoms with Crippen LogP contribution in [0.25, 0.3) is 22.4 Å². The van der Waals surface area contributed by atoms with Crippen molar-refractivity contribution in [2.24, 2.45) is 7.05 Å². The monoisotopic (exact) mass is 242 g/mol. The Labute approximate surface area is 103 Å². The second-order valence-corrected chi connectivity index (χ2v) is 4.17. The van der Waals surface area contributed by atoms with Crippen molar-refractivity contribution in [3.05, 3.63) is 48.3 Å². The molecule has 0 aliphatic heterocycles. The fourth-order valence-corrected chi connectivity index (χ4v) is 2.04. The van der Waals surface area contributed by atoms with Crippen molar-refractivity contribution in [3.8, 4) is 17.1 Å². The lowest BCUT2D eigenvalue weighted by Crippen LogP contribution is -1.91. The van der Waals surface area contributed by atoms with E-state index in [0.29, 0.717) is 5.52 Å². The second-order valence-electron chi connectivity index (χ2n) is 4.17. The molecule has 1 aromatic heterocycles. The normalized spacial score (nSPS) is 11.0. The number of hydrogen-bond donors (Lipinski definition) is 1. The number of aromatic hydroxyl groups is 1. The number of halogens is 1. The number of aryl methyl sites for hydroxylation is 1. The fraction of sp³-hybridized carbons (Fsp3) is 0.0714. The van der Waals surface area contributed by atoms with Crippen molar-refractivity contribution < 1.29 is 9.50 Å². The van der Waals surface area contributed by atoms with Crippen LogP contribution in [-0.2, 0) is 7.05 Å². The van der Waals surface area contributed by atoms with E-state index in [9.17, 15) is 9.50 Å². The highest BCUT2D eigenvalue weighted by atomic mass is 19.1. The molecule has 0 unspecified atom stereocenters. The minimum atomic E-state index is -0.294. The lowest BCUT2D eigenvalue weighted by atomic mass is 10.2. The van der Waals surface area contributed by atoms with Crippen LogP contribution in [0.3, 0.4) is 0 Å². The summed E-state index contributed by atoms with van der Waals surface area (Å²) < 4.78 is 15.1. The molecular weight excluding hydrogens is 231 g/mol. The van der Waals surface area contributed by atoms with Gasteiger partial charge in [-0.1, -0.05) is 0 Å². The lowest BCUT2D eigenvalue weighted by molar-refractivity contribution is 0.475. The molecule has 0 atom stereocenters. The number of phenolic OH excluding ortho intramolecular Hbond substituents is 1. The summed E-state index contributed by atoms with van der Waals surface area (Å²) in [4.78, 5) is 4.41. The Morgan fingerprint density at radius 2 is 1.83 bits per heavy atom. The van der Waals surface area contributed by atoms with E-state index >= 15 is 0 Å². The van der Waals surface area contributed by atoms with E-state index in [0.717, 1.165) is 16.9 Å². The van der Waals surface area contributed by atoms with Gasteiger partial charge in [0.05, 0.1) is 11.0 Å². The summed E-state index contributed by atoms with van der Waals surface area (Å²) in [7, 11) is 1.88. The van der Waals surface area contributed by atoms with Gasteiger partial charge in [0.1, 0.15) is 17.4 Å². The zero-order chi connectivity index (χ0) is 12.7. The van der Waals surface area contributed by atoms with Crippen LogP contribution < -0.4 is 0 Å². The van der Waals surface area contributed by atoms with E-state index in [-0.39, 0.29) is 11.6 Å². The number of benzene rings is 2. The maximum atomic E-state index is 13.2. The lowest BCUT2D eigenvalue weighted by Gasteiger charge is -2.02. The average Bonchev–Trinajstić information content (AvgIpc) is 2.67. The summed E-state index contributed by atoms with van der Waals surface area (Å²) in [5, 5.41) is 9.27. The number of hydrogen-bond acceptors (Lipinski definition) is 2. The first-order valence-electron chi connectivity index (χ1n) is 5.56. The molecule has 1 heterocycles. The molecule has 4 heteroatoms. The second kappa shape index (κ2) is 3.84. The van der Waals surface area contributed by atoms with Gasteiger partial charge in [-0.2, -0.15) is 0 Å². The van der Waals surface area contributed by atoms with Crippen molar-refractivity contribution in [1.29, 1.82) is 0 Å². The summed E-state index contributed by atoms with van der Waals surface area (Å²) in [5.41, 5.74) is 2.38. The SMILES string of the molecule is Cn1c(-c2ccc(O)cc2)nc2cc(F)ccc21. The van der Waals surface area contributed by atoms with Crippen LogP contribution in [0.4, 0.5) is 4.39 Å². The zero-order valence-corrected chi connectivity index (χ0v) is 9.76. The molecule has 2 aromatic carbocycles. The van der Waals surface area contributed by atoms with E-state index in [1.54, 1.807) is 30.3 Å². The summed E-state index contributed by atoms with van der Waals surface area (Å²) >= 11 is 0. The highest BCUT2D eigenvalue weighted by Crippen LogP contribution is 2.25. The molecule has 1 N–H and O–H groups in total. The van der Waals surface area contributed by atoms with Crippen LogP contribution in [0.5, 0.6) is 5.75 Å². The average molecular weight is 242 g/mol. The first-order valence-corrected chi connectivity index (χ1v) is 5.56. The molecule has 0 fully saturated rings. The predicted octanol–water partition coefficient (Wildman–Crippen LogP) is 3.09. The zero-order valence-electron chi connectivity index (χ0n) is 9.76. The number of aromatic nitrogens is 2. The van der Waals surface area contributed by atoms with E-state index in [2.05, 4.69) is 4.98 Å². The quantitative estimate of drug-likeness (QED) is 0.712. The van der Waals surface area contributed by atoms with Crippen LogP contribution in [0.2, 0.25) is 0 Å². The summed E-state index contributed by atoms with van der Waals surface area (Å²) in [6.07, 6.45) is 0. The topological polar surface area (TPSA) is 38.0 Å². The van der Waals surface area contributed by atoms with Crippen LogP contribution in [0, 0.1) is 5.82 Å². The molecule has 18 heavy (non-hydrogen) atoms. The van der Waals surface area contributed by atoms with Crippen molar-refractivity contribution in [1.82, 2.24) is 9.55 Å². The van der Waals surface area contributed by atoms with Gasteiger partial charge in [0.25, 0.3) is 0 Å². The van der Waals surface area contributed by atoms with Crippen LogP contribution in [0.1, 0.15) is 0 Å². The first kappa shape index (κ1) is 10.8. The van der Waals surface area contributed by atoms with Gasteiger partial charge in [-0.05, 0) is 36.4 Å². The maximum absolute atomic E-state index is 13.2. The van der Waals surface area contributed by atoms with E-state index in [1.165, 1.54) is 12.1 Å². The Morgan fingerprint density at radius 3 is 2.56 bits per heavy atom.